The highest BCUT2D eigenvalue weighted by Gasteiger charge is 2.45. The molecule has 2 saturated heterocycles. The zero-order valence-corrected chi connectivity index (χ0v) is 11.6. The molecule has 1 aromatic heterocycles. The fraction of sp³-hybridized carbons (Fsp3) is 0.600. The average Bonchev–Trinajstić information content (AvgIpc) is 2.97. The highest BCUT2D eigenvalue weighted by atomic mass is 16.2. The van der Waals surface area contributed by atoms with Crippen molar-refractivity contribution in [1.82, 2.24) is 15.2 Å². The van der Waals surface area contributed by atoms with Gasteiger partial charge in [0.25, 0.3) is 5.91 Å². The van der Waals surface area contributed by atoms with Crippen LogP contribution in [0.5, 0.6) is 0 Å². The van der Waals surface area contributed by atoms with Crippen molar-refractivity contribution in [3.63, 3.8) is 0 Å². The lowest BCUT2D eigenvalue weighted by Crippen LogP contribution is -2.39. The molecule has 2 aliphatic rings. The third-order valence-electron chi connectivity index (χ3n) is 4.54. The molecule has 0 spiro atoms. The summed E-state index contributed by atoms with van der Waals surface area (Å²) in [5.41, 5.74) is 1.68. The molecule has 102 valence electrons. The first-order chi connectivity index (χ1) is 9.20. The fourth-order valence-electron chi connectivity index (χ4n) is 3.62. The Bertz CT molecular complexity index is 488. The number of aryl methyl sites for hydroxylation is 1. The van der Waals surface area contributed by atoms with Crippen molar-refractivity contribution in [3.8, 4) is 0 Å². The van der Waals surface area contributed by atoms with Crippen LogP contribution in [-0.4, -0.2) is 41.5 Å². The average molecular weight is 259 g/mol. The Hall–Kier alpha value is -1.42. The molecule has 0 bridgehead atoms. The zero-order chi connectivity index (χ0) is 13.4. The lowest BCUT2D eigenvalue weighted by atomic mass is 9.93. The molecule has 2 aliphatic heterocycles. The normalized spacial score (nSPS) is 29.6. The van der Waals surface area contributed by atoms with Gasteiger partial charge in [-0.3, -0.25) is 9.78 Å². The van der Waals surface area contributed by atoms with Gasteiger partial charge in [0.2, 0.25) is 0 Å². The summed E-state index contributed by atoms with van der Waals surface area (Å²) in [5, 5.41) is 3.45. The van der Waals surface area contributed by atoms with Crippen molar-refractivity contribution < 1.29 is 4.79 Å². The first-order valence-electron chi connectivity index (χ1n) is 7.15. The molecule has 1 amide bonds. The number of nitrogens with one attached hydrogen (secondary N) is 1. The van der Waals surface area contributed by atoms with E-state index in [1.165, 1.54) is 0 Å². The van der Waals surface area contributed by atoms with E-state index in [2.05, 4.69) is 22.1 Å². The second kappa shape index (κ2) is 4.93. The summed E-state index contributed by atoms with van der Waals surface area (Å²) in [5.74, 6) is 1.44. The highest BCUT2D eigenvalue weighted by Crippen LogP contribution is 2.35. The number of amides is 1. The molecule has 1 aromatic rings. The van der Waals surface area contributed by atoms with E-state index in [0.717, 1.165) is 37.3 Å². The van der Waals surface area contributed by atoms with Gasteiger partial charge in [0.15, 0.2) is 0 Å². The van der Waals surface area contributed by atoms with E-state index in [1.54, 1.807) is 6.20 Å². The maximum atomic E-state index is 12.7. The van der Waals surface area contributed by atoms with Crippen LogP contribution in [0, 0.1) is 18.8 Å². The molecule has 0 radical (unpaired) electrons. The summed E-state index contributed by atoms with van der Waals surface area (Å²) in [6.07, 6.45) is 2.76. The number of likely N-dealkylation sites (tertiary alicyclic amines) is 1. The van der Waals surface area contributed by atoms with Crippen LogP contribution in [0.1, 0.15) is 29.4 Å². The molecule has 3 rings (SSSR count). The van der Waals surface area contributed by atoms with Crippen molar-refractivity contribution in [1.29, 1.82) is 0 Å². The van der Waals surface area contributed by atoms with E-state index in [0.29, 0.717) is 17.9 Å². The number of aromatic nitrogens is 1. The number of carbonyl (C=O) groups excluding carboxylic acids is 1. The van der Waals surface area contributed by atoms with Crippen molar-refractivity contribution >= 4 is 5.91 Å². The van der Waals surface area contributed by atoms with Gasteiger partial charge in [0, 0.05) is 43.1 Å². The molecule has 0 aromatic carbocycles. The lowest BCUT2D eigenvalue weighted by Gasteiger charge is -2.27. The molecular weight excluding hydrogens is 238 g/mol. The fourth-order valence-corrected chi connectivity index (χ4v) is 3.62. The van der Waals surface area contributed by atoms with Gasteiger partial charge in [-0.25, -0.2) is 0 Å². The number of rotatable bonds is 2. The Balaban J connectivity index is 1.84. The number of pyridine rings is 1. The molecule has 4 heteroatoms. The summed E-state index contributed by atoms with van der Waals surface area (Å²) in [7, 11) is 0. The summed E-state index contributed by atoms with van der Waals surface area (Å²) in [6, 6.07) is 4.11. The van der Waals surface area contributed by atoms with E-state index in [4.69, 9.17) is 0 Å². The van der Waals surface area contributed by atoms with Gasteiger partial charge in [0.1, 0.15) is 0 Å². The van der Waals surface area contributed by atoms with Crippen LogP contribution in [-0.2, 0) is 0 Å². The summed E-state index contributed by atoms with van der Waals surface area (Å²) >= 11 is 0. The van der Waals surface area contributed by atoms with Crippen molar-refractivity contribution in [3.05, 3.63) is 29.6 Å². The van der Waals surface area contributed by atoms with Crippen LogP contribution in [0.2, 0.25) is 0 Å². The predicted molar refractivity (Wildman–Crippen MR) is 73.9 cm³/mol. The van der Waals surface area contributed by atoms with Crippen LogP contribution in [0.3, 0.4) is 0 Å². The predicted octanol–water partition coefficient (Wildman–Crippen LogP) is 1.46. The topological polar surface area (TPSA) is 45.2 Å². The Kier molecular flexibility index (Phi) is 3.27. The Labute approximate surface area is 114 Å². The first-order valence-corrected chi connectivity index (χ1v) is 7.15. The molecule has 3 atom stereocenters. The maximum Gasteiger partial charge on any atom is 0.254 e. The van der Waals surface area contributed by atoms with Gasteiger partial charge < -0.3 is 10.2 Å². The molecule has 4 nitrogen and oxygen atoms in total. The van der Waals surface area contributed by atoms with Crippen LogP contribution in [0.15, 0.2) is 18.3 Å². The lowest BCUT2D eigenvalue weighted by molar-refractivity contribution is 0.0711. The van der Waals surface area contributed by atoms with Gasteiger partial charge in [0.05, 0.1) is 0 Å². The molecule has 0 aliphatic carbocycles. The molecular formula is C15H21N3O. The number of fused-ring (bicyclic) bond motifs is 1. The van der Waals surface area contributed by atoms with Crippen molar-refractivity contribution in [2.45, 2.75) is 26.3 Å². The van der Waals surface area contributed by atoms with Crippen LogP contribution in [0.4, 0.5) is 0 Å². The minimum absolute atomic E-state index is 0.173. The summed E-state index contributed by atoms with van der Waals surface area (Å²) in [4.78, 5) is 18.9. The SMILES string of the molecule is CCC1C2CNCC2CN1C(=O)c1ccnc(C)c1. The van der Waals surface area contributed by atoms with E-state index >= 15 is 0 Å². The smallest absolute Gasteiger partial charge is 0.254 e. The van der Waals surface area contributed by atoms with Crippen molar-refractivity contribution in [2.75, 3.05) is 19.6 Å². The second-order valence-electron chi connectivity index (χ2n) is 5.70. The van der Waals surface area contributed by atoms with Gasteiger partial charge in [-0.2, -0.15) is 0 Å². The van der Waals surface area contributed by atoms with Crippen LogP contribution >= 0.6 is 0 Å². The van der Waals surface area contributed by atoms with Crippen molar-refractivity contribution in [2.24, 2.45) is 11.8 Å². The number of nitrogens with zero attached hydrogens (tertiary/aromatic N) is 2. The molecule has 3 heterocycles. The second-order valence-corrected chi connectivity index (χ2v) is 5.70. The van der Waals surface area contributed by atoms with E-state index in [9.17, 15) is 4.79 Å². The minimum atomic E-state index is 0.173. The summed E-state index contributed by atoms with van der Waals surface area (Å²) < 4.78 is 0. The Morgan fingerprint density at radius 2 is 2.37 bits per heavy atom. The van der Waals surface area contributed by atoms with Gasteiger partial charge in [-0.05, 0) is 37.3 Å². The number of carbonyl (C=O) groups is 1. The Morgan fingerprint density at radius 3 is 3.11 bits per heavy atom. The van der Waals surface area contributed by atoms with Gasteiger partial charge >= 0.3 is 0 Å². The number of hydrogen-bond donors (Lipinski definition) is 1. The highest BCUT2D eigenvalue weighted by molar-refractivity contribution is 5.94. The third-order valence-corrected chi connectivity index (χ3v) is 4.54. The molecule has 3 unspecified atom stereocenters. The standard InChI is InChI=1S/C15H21N3O/c1-3-14-13-8-16-7-12(13)9-18(14)15(19)11-4-5-17-10(2)6-11/h4-6,12-14,16H,3,7-9H2,1-2H3. The summed E-state index contributed by atoms with van der Waals surface area (Å²) in [6.45, 7) is 7.12. The van der Waals surface area contributed by atoms with Crippen LogP contribution in [0.25, 0.3) is 0 Å². The molecule has 1 N–H and O–H groups in total. The first kappa shape index (κ1) is 12.6. The van der Waals surface area contributed by atoms with E-state index in [1.807, 2.05) is 19.1 Å². The van der Waals surface area contributed by atoms with Gasteiger partial charge in [-0.1, -0.05) is 6.92 Å². The maximum absolute atomic E-state index is 12.7. The quantitative estimate of drug-likeness (QED) is 0.874. The zero-order valence-electron chi connectivity index (χ0n) is 11.6. The monoisotopic (exact) mass is 259 g/mol. The third kappa shape index (κ3) is 2.14. The molecule has 0 saturated carbocycles. The van der Waals surface area contributed by atoms with Gasteiger partial charge in [-0.15, -0.1) is 0 Å². The largest absolute Gasteiger partial charge is 0.335 e. The minimum Gasteiger partial charge on any atom is -0.335 e. The van der Waals surface area contributed by atoms with E-state index in [-0.39, 0.29) is 5.91 Å². The molecule has 19 heavy (non-hydrogen) atoms. The number of hydrogen-bond acceptors (Lipinski definition) is 3. The molecule has 2 fully saturated rings. The Morgan fingerprint density at radius 1 is 1.53 bits per heavy atom. The van der Waals surface area contributed by atoms with Crippen LogP contribution < -0.4 is 5.32 Å². The van der Waals surface area contributed by atoms with E-state index < -0.39 is 0 Å².